The summed E-state index contributed by atoms with van der Waals surface area (Å²) in [6.07, 6.45) is 1.33. The molecule has 6 nitrogen and oxygen atoms in total. The zero-order chi connectivity index (χ0) is 12.3. The van der Waals surface area contributed by atoms with E-state index in [-0.39, 0.29) is 5.69 Å². The quantitative estimate of drug-likeness (QED) is 0.515. The number of nitro benzene ring substituents is 1. The average Bonchev–Trinajstić information content (AvgIpc) is 2.29. The van der Waals surface area contributed by atoms with Crippen LogP contribution in [0.15, 0.2) is 36.7 Å². The zero-order valence-electron chi connectivity index (χ0n) is 8.50. The summed E-state index contributed by atoms with van der Waals surface area (Å²) in [4.78, 5) is 17.7. The molecule has 2 aromatic rings. The van der Waals surface area contributed by atoms with Crippen LogP contribution >= 0.6 is 11.6 Å². The van der Waals surface area contributed by atoms with E-state index in [2.05, 4.69) is 15.3 Å². The number of nitro groups is 1. The number of halogens is 1. The number of hydrogen-bond donors (Lipinski definition) is 1. The Bertz CT molecular complexity index is 544. The van der Waals surface area contributed by atoms with E-state index in [1.165, 1.54) is 18.5 Å². The Morgan fingerprint density at radius 3 is 2.53 bits per heavy atom. The van der Waals surface area contributed by atoms with Gasteiger partial charge in [0.05, 0.1) is 4.92 Å². The molecule has 0 unspecified atom stereocenters. The summed E-state index contributed by atoms with van der Waals surface area (Å²) in [6.45, 7) is 0. The molecule has 2 rings (SSSR count). The maximum absolute atomic E-state index is 10.5. The van der Waals surface area contributed by atoms with Crippen LogP contribution in [0.5, 0.6) is 0 Å². The van der Waals surface area contributed by atoms with Crippen molar-refractivity contribution in [3.05, 3.63) is 51.9 Å². The van der Waals surface area contributed by atoms with Gasteiger partial charge in [0.1, 0.15) is 17.3 Å². The number of nitrogens with one attached hydrogen (secondary N) is 1. The molecular weight excluding hydrogens is 244 g/mol. The van der Waals surface area contributed by atoms with Crippen molar-refractivity contribution >= 4 is 28.8 Å². The number of aromatic nitrogens is 2. The molecule has 0 aliphatic heterocycles. The van der Waals surface area contributed by atoms with E-state index in [1.54, 1.807) is 18.2 Å². The topological polar surface area (TPSA) is 81.0 Å². The Kier molecular flexibility index (Phi) is 3.15. The van der Waals surface area contributed by atoms with Crippen molar-refractivity contribution in [3.8, 4) is 0 Å². The van der Waals surface area contributed by atoms with Crippen LogP contribution in [0.2, 0.25) is 5.15 Å². The predicted molar refractivity (Wildman–Crippen MR) is 63.4 cm³/mol. The van der Waals surface area contributed by atoms with Crippen LogP contribution in [-0.2, 0) is 0 Å². The molecule has 86 valence electrons. The monoisotopic (exact) mass is 250 g/mol. The van der Waals surface area contributed by atoms with Gasteiger partial charge in [0.25, 0.3) is 5.69 Å². The van der Waals surface area contributed by atoms with E-state index in [1.807, 2.05) is 0 Å². The van der Waals surface area contributed by atoms with Crippen molar-refractivity contribution in [2.24, 2.45) is 0 Å². The fourth-order valence-corrected chi connectivity index (χ4v) is 1.36. The first kappa shape index (κ1) is 11.3. The van der Waals surface area contributed by atoms with Gasteiger partial charge >= 0.3 is 0 Å². The number of non-ortho nitro benzene ring substituents is 1. The van der Waals surface area contributed by atoms with Crippen LogP contribution < -0.4 is 5.32 Å². The highest BCUT2D eigenvalue weighted by Crippen LogP contribution is 2.19. The lowest BCUT2D eigenvalue weighted by Gasteiger charge is -2.04. The predicted octanol–water partition coefficient (Wildman–Crippen LogP) is 2.78. The first-order valence-electron chi connectivity index (χ1n) is 4.64. The van der Waals surface area contributed by atoms with Crippen LogP contribution in [0, 0.1) is 10.1 Å². The zero-order valence-corrected chi connectivity index (χ0v) is 9.26. The molecule has 0 saturated heterocycles. The van der Waals surface area contributed by atoms with Crippen molar-refractivity contribution in [2.45, 2.75) is 0 Å². The van der Waals surface area contributed by atoms with E-state index in [4.69, 9.17) is 11.6 Å². The van der Waals surface area contributed by atoms with Crippen LogP contribution in [0.1, 0.15) is 0 Å². The van der Waals surface area contributed by atoms with Gasteiger partial charge in [-0.2, -0.15) is 0 Å². The van der Waals surface area contributed by atoms with Gasteiger partial charge in [-0.15, -0.1) is 0 Å². The number of rotatable bonds is 3. The molecule has 17 heavy (non-hydrogen) atoms. The average molecular weight is 251 g/mol. The SMILES string of the molecule is O=[N+]([O-])c1ccc(Nc2cc(Cl)ncn2)cc1. The highest BCUT2D eigenvalue weighted by Gasteiger charge is 2.04. The largest absolute Gasteiger partial charge is 0.340 e. The highest BCUT2D eigenvalue weighted by molar-refractivity contribution is 6.29. The van der Waals surface area contributed by atoms with E-state index in [0.29, 0.717) is 16.7 Å². The Labute approximate surface area is 101 Å². The van der Waals surface area contributed by atoms with Crippen LogP contribution in [0.4, 0.5) is 17.2 Å². The number of benzene rings is 1. The third-order valence-electron chi connectivity index (χ3n) is 1.98. The van der Waals surface area contributed by atoms with Crippen molar-refractivity contribution in [2.75, 3.05) is 5.32 Å². The molecule has 0 aliphatic carbocycles. The van der Waals surface area contributed by atoms with Crippen LogP contribution in [-0.4, -0.2) is 14.9 Å². The van der Waals surface area contributed by atoms with Gasteiger partial charge < -0.3 is 5.32 Å². The molecule has 0 aliphatic rings. The van der Waals surface area contributed by atoms with E-state index in [0.717, 1.165) is 0 Å². The summed E-state index contributed by atoms with van der Waals surface area (Å²) in [5.41, 5.74) is 0.724. The number of anilines is 2. The molecule has 1 aromatic heterocycles. The van der Waals surface area contributed by atoms with Crippen LogP contribution in [0.3, 0.4) is 0 Å². The van der Waals surface area contributed by atoms with Gasteiger partial charge in [-0.25, -0.2) is 9.97 Å². The minimum absolute atomic E-state index is 0.0382. The van der Waals surface area contributed by atoms with E-state index >= 15 is 0 Å². The molecule has 0 bridgehead atoms. The van der Waals surface area contributed by atoms with Gasteiger partial charge in [-0.1, -0.05) is 11.6 Å². The second-order valence-corrected chi connectivity index (χ2v) is 3.54. The third kappa shape index (κ3) is 2.88. The van der Waals surface area contributed by atoms with E-state index in [9.17, 15) is 10.1 Å². The van der Waals surface area contributed by atoms with Gasteiger partial charge in [0.2, 0.25) is 0 Å². The fourth-order valence-electron chi connectivity index (χ4n) is 1.22. The lowest BCUT2D eigenvalue weighted by atomic mass is 10.3. The summed E-state index contributed by atoms with van der Waals surface area (Å²) in [7, 11) is 0. The van der Waals surface area contributed by atoms with Crippen molar-refractivity contribution in [1.29, 1.82) is 0 Å². The smallest absolute Gasteiger partial charge is 0.269 e. The number of hydrogen-bond acceptors (Lipinski definition) is 5. The van der Waals surface area contributed by atoms with Crippen molar-refractivity contribution in [3.63, 3.8) is 0 Å². The third-order valence-corrected chi connectivity index (χ3v) is 2.19. The second-order valence-electron chi connectivity index (χ2n) is 3.15. The lowest BCUT2D eigenvalue weighted by molar-refractivity contribution is -0.384. The molecule has 0 fully saturated rings. The first-order chi connectivity index (χ1) is 8.15. The molecule has 7 heteroatoms. The van der Waals surface area contributed by atoms with Gasteiger partial charge in [0, 0.05) is 23.9 Å². The van der Waals surface area contributed by atoms with Crippen molar-refractivity contribution in [1.82, 2.24) is 9.97 Å². The van der Waals surface area contributed by atoms with Gasteiger partial charge in [0.15, 0.2) is 0 Å². The molecule has 0 atom stereocenters. The molecule has 0 spiro atoms. The Balaban J connectivity index is 2.16. The normalized spacial score (nSPS) is 9.94. The summed E-state index contributed by atoms with van der Waals surface area (Å²) < 4.78 is 0. The van der Waals surface area contributed by atoms with Crippen molar-refractivity contribution < 1.29 is 4.92 Å². The molecule has 0 radical (unpaired) electrons. The molecule has 0 saturated carbocycles. The maximum Gasteiger partial charge on any atom is 0.269 e. The molecular formula is C10H7ClN4O2. The maximum atomic E-state index is 10.5. The van der Waals surface area contributed by atoms with Gasteiger partial charge in [-0.05, 0) is 12.1 Å². The summed E-state index contributed by atoms with van der Waals surface area (Å²) in [5.74, 6) is 0.527. The van der Waals surface area contributed by atoms with Gasteiger partial charge in [-0.3, -0.25) is 10.1 Å². The molecule has 0 amide bonds. The highest BCUT2D eigenvalue weighted by atomic mass is 35.5. The van der Waals surface area contributed by atoms with E-state index < -0.39 is 4.92 Å². The minimum Gasteiger partial charge on any atom is -0.340 e. The Hall–Kier alpha value is -2.21. The fraction of sp³-hybridized carbons (Fsp3) is 0. The lowest BCUT2D eigenvalue weighted by Crippen LogP contribution is -1.94. The Morgan fingerprint density at radius 2 is 1.94 bits per heavy atom. The Morgan fingerprint density at radius 1 is 1.24 bits per heavy atom. The minimum atomic E-state index is -0.453. The molecule has 1 heterocycles. The summed E-state index contributed by atoms with van der Waals surface area (Å²) in [6, 6.07) is 7.56. The first-order valence-corrected chi connectivity index (χ1v) is 5.02. The summed E-state index contributed by atoms with van der Waals surface area (Å²) in [5, 5.41) is 13.7. The standard InChI is InChI=1S/C10H7ClN4O2/c11-9-5-10(13-6-12-9)14-7-1-3-8(4-2-7)15(16)17/h1-6H,(H,12,13,14). The van der Waals surface area contributed by atoms with Crippen LogP contribution in [0.25, 0.3) is 0 Å². The number of nitrogens with zero attached hydrogens (tertiary/aromatic N) is 3. The summed E-state index contributed by atoms with van der Waals surface area (Å²) >= 11 is 5.70. The molecule has 1 aromatic carbocycles. The molecule has 1 N–H and O–H groups in total. The second kappa shape index (κ2) is 4.75.